The number of nitriles is 1. The van der Waals surface area contributed by atoms with Gasteiger partial charge in [-0.1, -0.05) is 12.1 Å². The van der Waals surface area contributed by atoms with Crippen molar-refractivity contribution in [2.75, 3.05) is 20.2 Å². The van der Waals surface area contributed by atoms with Crippen LogP contribution in [0.5, 0.6) is 11.5 Å². The number of hydrogen-bond donors (Lipinski definition) is 0. The molecule has 7 nitrogen and oxygen atoms in total. The molecule has 1 saturated heterocycles. The van der Waals surface area contributed by atoms with Crippen LogP contribution in [-0.2, 0) is 11.3 Å². The molecule has 1 aliphatic heterocycles. The number of carbonyl (C=O) groups excluding carboxylic acids is 1. The number of alkyl halides is 2. The van der Waals surface area contributed by atoms with Gasteiger partial charge in [0.25, 0.3) is 11.5 Å². The lowest BCUT2D eigenvalue weighted by molar-refractivity contribution is -0.123. The van der Waals surface area contributed by atoms with Gasteiger partial charge in [0.1, 0.15) is 10.7 Å². The fourth-order valence-electron chi connectivity index (χ4n) is 3.38. The molecule has 1 aromatic heterocycles. The fraction of sp³-hybridized carbons (Fsp3) is 0.318. The average Bonchev–Trinajstić information content (AvgIpc) is 3.40. The Bertz CT molecular complexity index is 1240. The number of likely N-dealkylation sites (tertiary alicyclic amines) is 1. The summed E-state index contributed by atoms with van der Waals surface area (Å²) in [7, 11) is 1.32. The van der Waals surface area contributed by atoms with Gasteiger partial charge in [0, 0.05) is 19.6 Å². The number of nitrogens with zero attached hydrogens (tertiary/aromatic N) is 3. The highest BCUT2D eigenvalue weighted by Crippen LogP contribution is 2.29. The van der Waals surface area contributed by atoms with Crippen molar-refractivity contribution in [2.45, 2.75) is 26.0 Å². The summed E-state index contributed by atoms with van der Waals surface area (Å²) in [5.41, 5.74) is 0.0241. The van der Waals surface area contributed by atoms with Crippen molar-refractivity contribution < 1.29 is 23.0 Å². The summed E-state index contributed by atoms with van der Waals surface area (Å²) >= 11 is 1.02. The standard InChI is InChI=1S/C22H21F2N3O4S/c1-3-8-27-20(29)18(12-14-6-7-16(31-22(23)24)17(11-14)30-2)32-21(27)15(13-25)19(28)26-9-4-5-10-26/h3,6-7,11-12,22H,1,4-5,8-10H2,2H3/b18-12-,21-15-. The van der Waals surface area contributed by atoms with Crippen molar-refractivity contribution in [3.8, 4) is 17.6 Å². The molecule has 1 aromatic carbocycles. The van der Waals surface area contributed by atoms with E-state index in [1.807, 2.05) is 6.07 Å². The minimum Gasteiger partial charge on any atom is -0.493 e. The molecule has 2 heterocycles. The summed E-state index contributed by atoms with van der Waals surface area (Å²) in [6.45, 7) is 1.93. The van der Waals surface area contributed by atoms with Gasteiger partial charge in [0.15, 0.2) is 17.1 Å². The molecule has 0 spiro atoms. The van der Waals surface area contributed by atoms with E-state index in [0.717, 1.165) is 24.2 Å². The molecule has 3 rings (SSSR count). The number of benzene rings is 1. The van der Waals surface area contributed by atoms with Crippen LogP contribution in [-0.4, -0.2) is 42.2 Å². The maximum absolute atomic E-state index is 13.0. The van der Waals surface area contributed by atoms with E-state index in [0.29, 0.717) is 18.7 Å². The SMILES string of the molecule is C=CCn1c(=O)/c(=C/c2ccc(OC(F)F)c(OC)c2)s/c1=C(/C#N)C(=O)N1CCCC1. The van der Waals surface area contributed by atoms with Gasteiger partial charge in [0.05, 0.1) is 11.6 Å². The van der Waals surface area contributed by atoms with Gasteiger partial charge in [-0.05, 0) is 36.6 Å². The molecule has 32 heavy (non-hydrogen) atoms. The van der Waals surface area contributed by atoms with Crippen LogP contribution in [0.4, 0.5) is 8.78 Å². The monoisotopic (exact) mass is 461 g/mol. The van der Waals surface area contributed by atoms with Crippen molar-refractivity contribution in [1.29, 1.82) is 5.26 Å². The first-order valence-corrected chi connectivity index (χ1v) is 10.6. The smallest absolute Gasteiger partial charge is 0.387 e. The number of ether oxygens (including phenoxy) is 2. The highest BCUT2D eigenvalue weighted by atomic mass is 32.1. The summed E-state index contributed by atoms with van der Waals surface area (Å²) in [5.74, 6) is -0.451. The average molecular weight is 461 g/mol. The highest BCUT2D eigenvalue weighted by Gasteiger charge is 2.24. The minimum atomic E-state index is -3.00. The second kappa shape index (κ2) is 10.2. The second-order valence-corrected chi connectivity index (χ2v) is 7.93. The molecule has 0 unspecified atom stereocenters. The zero-order valence-electron chi connectivity index (χ0n) is 17.3. The van der Waals surface area contributed by atoms with Crippen molar-refractivity contribution in [2.24, 2.45) is 0 Å². The Kier molecular flexibility index (Phi) is 7.43. The Balaban J connectivity index is 2.16. The molecule has 1 aliphatic rings. The van der Waals surface area contributed by atoms with Gasteiger partial charge < -0.3 is 14.4 Å². The van der Waals surface area contributed by atoms with Crippen molar-refractivity contribution >= 4 is 28.9 Å². The van der Waals surface area contributed by atoms with E-state index >= 15 is 0 Å². The first-order valence-electron chi connectivity index (χ1n) is 9.78. The third kappa shape index (κ3) is 4.89. The zero-order valence-corrected chi connectivity index (χ0v) is 18.2. The lowest BCUT2D eigenvalue weighted by Gasteiger charge is -2.13. The van der Waals surface area contributed by atoms with Crippen molar-refractivity contribution in [3.63, 3.8) is 0 Å². The van der Waals surface area contributed by atoms with E-state index in [1.165, 1.54) is 36.0 Å². The first-order chi connectivity index (χ1) is 15.4. The van der Waals surface area contributed by atoms with Gasteiger partial charge in [-0.25, -0.2) is 0 Å². The molecule has 0 N–H and O–H groups in total. The van der Waals surface area contributed by atoms with E-state index < -0.39 is 18.1 Å². The minimum absolute atomic E-state index is 0.0794. The summed E-state index contributed by atoms with van der Waals surface area (Å²) in [6.07, 6.45) is 4.80. The van der Waals surface area contributed by atoms with Crippen LogP contribution in [0.1, 0.15) is 18.4 Å². The van der Waals surface area contributed by atoms with Crippen LogP contribution < -0.4 is 24.2 Å². The first kappa shape index (κ1) is 23.2. The topological polar surface area (TPSA) is 84.6 Å². The molecular weight excluding hydrogens is 440 g/mol. The quantitative estimate of drug-likeness (QED) is 0.588. The van der Waals surface area contributed by atoms with Gasteiger partial charge in [-0.3, -0.25) is 14.2 Å². The van der Waals surface area contributed by atoms with Crippen molar-refractivity contribution in [1.82, 2.24) is 9.47 Å². The number of thiazole rings is 1. The van der Waals surface area contributed by atoms with E-state index in [9.17, 15) is 23.6 Å². The molecule has 0 radical (unpaired) electrons. The highest BCUT2D eigenvalue weighted by molar-refractivity contribution is 7.07. The summed E-state index contributed by atoms with van der Waals surface area (Å²) in [4.78, 5) is 27.5. The summed E-state index contributed by atoms with van der Waals surface area (Å²) < 4.78 is 36.5. The summed E-state index contributed by atoms with van der Waals surface area (Å²) in [6, 6.07) is 6.24. The summed E-state index contributed by atoms with van der Waals surface area (Å²) in [5, 5.41) is 9.69. The number of halogens is 2. The van der Waals surface area contributed by atoms with E-state index in [-0.39, 0.29) is 32.8 Å². The zero-order chi connectivity index (χ0) is 23.3. The number of hydrogen-bond acceptors (Lipinski definition) is 6. The molecule has 2 aromatic rings. The maximum Gasteiger partial charge on any atom is 0.387 e. The largest absolute Gasteiger partial charge is 0.493 e. The van der Waals surface area contributed by atoms with Crippen LogP contribution in [0, 0.1) is 11.3 Å². The Hall–Kier alpha value is -3.45. The van der Waals surface area contributed by atoms with Crippen LogP contribution in [0.3, 0.4) is 0 Å². The van der Waals surface area contributed by atoms with E-state index in [2.05, 4.69) is 11.3 Å². The van der Waals surface area contributed by atoms with Crippen LogP contribution in [0.15, 0.2) is 35.6 Å². The molecule has 168 valence electrons. The fourth-order valence-corrected chi connectivity index (χ4v) is 4.49. The molecule has 1 fully saturated rings. The lowest BCUT2D eigenvalue weighted by atomic mass is 10.2. The molecule has 10 heteroatoms. The second-order valence-electron chi connectivity index (χ2n) is 6.90. The van der Waals surface area contributed by atoms with Gasteiger partial charge in [0.2, 0.25) is 0 Å². The predicted molar refractivity (Wildman–Crippen MR) is 116 cm³/mol. The Morgan fingerprint density at radius 2 is 2.06 bits per heavy atom. The van der Waals surface area contributed by atoms with Gasteiger partial charge in [-0.2, -0.15) is 14.0 Å². The van der Waals surface area contributed by atoms with Crippen LogP contribution in [0.25, 0.3) is 11.6 Å². The van der Waals surface area contributed by atoms with Gasteiger partial charge in [-0.15, -0.1) is 17.9 Å². The maximum atomic E-state index is 13.0. The Morgan fingerprint density at radius 3 is 2.66 bits per heavy atom. The number of methoxy groups -OCH3 is 1. The molecule has 1 amide bonds. The van der Waals surface area contributed by atoms with Gasteiger partial charge >= 0.3 is 6.61 Å². The van der Waals surface area contributed by atoms with E-state index in [4.69, 9.17) is 4.74 Å². The number of aromatic nitrogens is 1. The predicted octanol–water partition coefficient (Wildman–Crippen LogP) is 1.83. The van der Waals surface area contributed by atoms with Crippen molar-refractivity contribution in [3.05, 3.63) is 56.0 Å². The molecule has 0 bridgehead atoms. The molecule has 0 saturated carbocycles. The molecule has 0 aliphatic carbocycles. The van der Waals surface area contributed by atoms with Crippen LogP contribution >= 0.6 is 11.3 Å². The lowest BCUT2D eigenvalue weighted by Crippen LogP contribution is -2.35. The number of allylic oxidation sites excluding steroid dienone is 1. The normalized spacial score (nSPS) is 15.0. The number of rotatable bonds is 7. The Labute approximate surface area is 186 Å². The van der Waals surface area contributed by atoms with Crippen LogP contribution in [0.2, 0.25) is 0 Å². The molecule has 0 atom stereocenters. The number of carbonyl (C=O) groups is 1. The Morgan fingerprint density at radius 1 is 1.34 bits per heavy atom. The van der Waals surface area contributed by atoms with E-state index in [1.54, 1.807) is 11.0 Å². The molecular formula is C22H21F2N3O4S. The third-order valence-corrected chi connectivity index (χ3v) is 5.98. The third-order valence-electron chi connectivity index (χ3n) is 4.85. The number of amides is 1.